The van der Waals surface area contributed by atoms with Crippen molar-refractivity contribution in [3.8, 4) is 10.6 Å². The normalized spacial score (nSPS) is 15.3. The van der Waals surface area contributed by atoms with Gasteiger partial charge in [0.1, 0.15) is 4.21 Å². The highest BCUT2D eigenvalue weighted by atomic mass is 32.2. The van der Waals surface area contributed by atoms with Crippen LogP contribution in [0, 0.1) is 0 Å². The van der Waals surface area contributed by atoms with E-state index in [4.69, 9.17) is 4.42 Å². The lowest BCUT2D eigenvalue weighted by molar-refractivity contribution is 0.458. The minimum atomic E-state index is -3.63. The van der Waals surface area contributed by atoms with Crippen LogP contribution in [0.3, 0.4) is 0 Å². The largest absolute Gasteiger partial charge is 0.440 e. The summed E-state index contributed by atoms with van der Waals surface area (Å²) in [4.78, 5) is 5.18. The van der Waals surface area contributed by atoms with Crippen LogP contribution in [-0.2, 0) is 16.4 Å². The number of aryl methyl sites for hydroxylation is 1. The molecule has 0 spiro atoms. The number of hydrogen-bond acceptors (Lipinski definition) is 5. The fraction of sp³-hybridized carbons (Fsp3) is 0.350. The van der Waals surface area contributed by atoms with Crippen molar-refractivity contribution >= 4 is 27.0 Å². The summed E-state index contributed by atoms with van der Waals surface area (Å²) < 4.78 is 34.3. The summed E-state index contributed by atoms with van der Waals surface area (Å²) in [5.74, 6) is 1.81. The number of oxazole rings is 1. The van der Waals surface area contributed by atoms with Crippen LogP contribution in [0.5, 0.6) is 0 Å². The van der Waals surface area contributed by atoms with Gasteiger partial charge in [0, 0.05) is 11.6 Å². The first-order valence-corrected chi connectivity index (χ1v) is 11.5. The van der Waals surface area contributed by atoms with E-state index in [1.165, 1.54) is 24.2 Å². The number of sulfonamides is 1. The maximum atomic E-state index is 12.7. The van der Waals surface area contributed by atoms with Gasteiger partial charge in [0.05, 0.1) is 11.1 Å². The Morgan fingerprint density at radius 3 is 2.81 bits per heavy atom. The van der Waals surface area contributed by atoms with Gasteiger partial charge in [0.25, 0.3) is 10.0 Å². The van der Waals surface area contributed by atoms with Crippen molar-refractivity contribution < 1.29 is 12.8 Å². The second kappa shape index (κ2) is 7.48. The fourth-order valence-corrected chi connectivity index (χ4v) is 5.72. The number of nitrogens with one attached hydrogen (secondary N) is 1. The van der Waals surface area contributed by atoms with Crippen molar-refractivity contribution in [1.29, 1.82) is 0 Å². The monoisotopic (exact) mass is 402 g/mol. The molecule has 27 heavy (non-hydrogen) atoms. The van der Waals surface area contributed by atoms with Gasteiger partial charge in [0.15, 0.2) is 11.7 Å². The van der Waals surface area contributed by atoms with Crippen molar-refractivity contribution in [2.45, 2.75) is 49.2 Å². The topological polar surface area (TPSA) is 72.2 Å². The zero-order valence-electron chi connectivity index (χ0n) is 15.1. The molecule has 7 heteroatoms. The third-order valence-corrected chi connectivity index (χ3v) is 7.88. The summed E-state index contributed by atoms with van der Waals surface area (Å²) in [7, 11) is -3.63. The van der Waals surface area contributed by atoms with Gasteiger partial charge in [-0.05, 0) is 49.1 Å². The molecule has 1 N–H and O–H groups in total. The van der Waals surface area contributed by atoms with Crippen LogP contribution in [0.15, 0.2) is 51.2 Å². The molecule has 1 aliphatic rings. The molecule has 0 unspecified atom stereocenters. The molecule has 4 rings (SSSR count). The van der Waals surface area contributed by atoms with Crippen molar-refractivity contribution in [3.05, 3.63) is 54.0 Å². The van der Waals surface area contributed by atoms with Crippen LogP contribution >= 0.6 is 11.3 Å². The maximum Gasteiger partial charge on any atom is 0.271 e. The van der Waals surface area contributed by atoms with Crippen LogP contribution in [0.4, 0.5) is 5.69 Å². The van der Waals surface area contributed by atoms with Crippen LogP contribution in [0.25, 0.3) is 10.6 Å². The third-order valence-electron chi connectivity index (χ3n) is 4.90. The second-order valence-electron chi connectivity index (χ2n) is 6.82. The van der Waals surface area contributed by atoms with E-state index in [9.17, 15) is 8.42 Å². The fourth-order valence-electron chi connectivity index (χ4n) is 3.42. The van der Waals surface area contributed by atoms with Crippen molar-refractivity contribution in [3.63, 3.8) is 0 Å². The Hall–Kier alpha value is -2.12. The minimum Gasteiger partial charge on any atom is -0.440 e. The van der Waals surface area contributed by atoms with Crippen LogP contribution in [-0.4, -0.2) is 13.4 Å². The zero-order valence-corrected chi connectivity index (χ0v) is 16.8. The predicted molar refractivity (Wildman–Crippen MR) is 108 cm³/mol. The molecule has 2 aromatic heterocycles. The number of thiophene rings is 1. The smallest absolute Gasteiger partial charge is 0.271 e. The number of rotatable bonds is 6. The lowest BCUT2D eigenvalue weighted by atomic mass is 10.1. The molecule has 2 heterocycles. The predicted octanol–water partition coefficient (Wildman–Crippen LogP) is 5.42. The van der Waals surface area contributed by atoms with Gasteiger partial charge in [0.2, 0.25) is 0 Å². The summed E-state index contributed by atoms with van der Waals surface area (Å²) in [5, 5.41) is 0. The van der Waals surface area contributed by atoms with Crippen LogP contribution in [0.2, 0.25) is 0 Å². The summed E-state index contributed by atoms with van der Waals surface area (Å²) in [6, 6.07) is 10.8. The summed E-state index contributed by atoms with van der Waals surface area (Å²) in [6.45, 7) is 2.04. The Morgan fingerprint density at radius 1 is 1.22 bits per heavy atom. The Balaban J connectivity index is 1.54. The molecule has 0 aliphatic heterocycles. The molecule has 1 aromatic carbocycles. The van der Waals surface area contributed by atoms with E-state index in [1.807, 2.05) is 25.1 Å². The highest BCUT2D eigenvalue weighted by molar-refractivity contribution is 7.94. The summed E-state index contributed by atoms with van der Waals surface area (Å²) >= 11 is 1.19. The first kappa shape index (κ1) is 18.3. The standard InChI is InChI=1S/C20H22N2O3S2/c1-2-14-6-5-9-16(12-14)22-27(23,24)19-11-10-18(26-19)17-13-21-20(25-17)15-7-3-4-8-15/h5-6,9-13,15,22H,2-4,7-8H2,1H3. The molecule has 0 saturated heterocycles. The maximum absolute atomic E-state index is 12.7. The quantitative estimate of drug-likeness (QED) is 0.597. The zero-order chi connectivity index (χ0) is 18.9. The highest BCUT2D eigenvalue weighted by Crippen LogP contribution is 2.37. The Morgan fingerprint density at radius 2 is 2.04 bits per heavy atom. The molecule has 0 radical (unpaired) electrons. The molecule has 0 atom stereocenters. The van der Waals surface area contributed by atoms with E-state index in [0.29, 0.717) is 17.4 Å². The highest BCUT2D eigenvalue weighted by Gasteiger charge is 2.23. The van der Waals surface area contributed by atoms with E-state index < -0.39 is 10.0 Å². The van der Waals surface area contributed by atoms with Gasteiger partial charge in [-0.15, -0.1) is 11.3 Å². The number of benzene rings is 1. The van der Waals surface area contributed by atoms with Crippen molar-refractivity contribution in [1.82, 2.24) is 4.98 Å². The molecular formula is C20H22N2O3S2. The summed E-state index contributed by atoms with van der Waals surface area (Å²) in [5.41, 5.74) is 1.66. The van der Waals surface area contributed by atoms with Gasteiger partial charge in [-0.1, -0.05) is 31.9 Å². The second-order valence-corrected chi connectivity index (χ2v) is 9.82. The van der Waals surface area contributed by atoms with E-state index in [-0.39, 0.29) is 4.21 Å². The van der Waals surface area contributed by atoms with E-state index in [1.54, 1.807) is 24.4 Å². The van der Waals surface area contributed by atoms with Gasteiger partial charge >= 0.3 is 0 Å². The van der Waals surface area contributed by atoms with Gasteiger partial charge in [-0.3, -0.25) is 4.72 Å². The average Bonchev–Trinajstić information content (AvgIpc) is 3.41. The van der Waals surface area contributed by atoms with Gasteiger partial charge in [-0.25, -0.2) is 13.4 Å². The molecule has 1 saturated carbocycles. The third kappa shape index (κ3) is 3.94. The van der Waals surface area contributed by atoms with Crippen LogP contribution < -0.4 is 4.72 Å². The number of aromatic nitrogens is 1. The summed E-state index contributed by atoms with van der Waals surface area (Å²) in [6.07, 6.45) is 7.22. The molecule has 142 valence electrons. The van der Waals surface area contributed by atoms with Gasteiger partial charge in [-0.2, -0.15) is 0 Å². The van der Waals surface area contributed by atoms with E-state index >= 15 is 0 Å². The first-order chi connectivity index (χ1) is 13.0. The Kier molecular flexibility index (Phi) is 5.06. The van der Waals surface area contributed by atoms with Crippen molar-refractivity contribution in [2.24, 2.45) is 0 Å². The molecule has 0 amide bonds. The lowest BCUT2D eigenvalue weighted by Crippen LogP contribution is -2.11. The Bertz CT molecular complexity index is 1030. The SMILES string of the molecule is CCc1cccc(NS(=O)(=O)c2ccc(-c3cnc(C4CCCC4)o3)s2)c1. The molecule has 5 nitrogen and oxygen atoms in total. The van der Waals surface area contributed by atoms with Gasteiger partial charge < -0.3 is 4.42 Å². The Labute approximate surface area is 163 Å². The van der Waals surface area contributed by atoms with Crippen LogP contribution in [0.1, 0.15) is 50.0 Å². The average molecular weight is 403 g/mol. The minimum absolute atomic E-state index is 0.262. The lowest BCUT2D eigenvalue weighted by Gasteiger charge is -2.07. The van der Waals surface area contributed by atoms with E-state index in [0.717, 1.165) is 35.6 Å². The van der Waals surface area contributed by atoms with E-state index in [2.05, 4.69) is 9.71 Å². The molecule has 0 bridgehead atoms. The molecule has 3 aromatic rings. The molecular weight excluding hydrogens is 380 g/mol. The number of nitrogens with zero attached hydrogens (tertiary/aromatic N) is 1. The number of anilines is 1. The number of hydrogen-bond donors (Lipinski definition) is 1. The molecule has 1 fully saturated rings. The van der Waals surface area contributed by atoms with Crippen molar-refractivity contribution in [2.75, 3.05) is 4.72 Å². The molecule has 1 aliphatic carbocycles. The first-order valence-electron chi connectivity index (χ1n) is 9.23.